The van der Waals surface area contributed by atoms with Crippen LogP contribution in [0, 0.1) is 0 Å². The summed E-state index contributed by atoms with van der Waals surface area (Å²) < 4.78 is 31.5. The van der Waals surface area contributed by atoms with Gasteiger partial charge in [0.1, 0.15) is 6.33 Å². The van der Waals surface area contributed by atoms with Crippen LogP contribution in [0.25, 0.3) is 0 Å². The first-order valence-electron chi connectivity index (χ1n) is 3.76. The first-order valence-corrected chi connectivity index (χ1v) is 5.20. The van der Waals surface area contributed by atoms with Crippen LogP contribution in [0.3, 0.4) is 0 Å². The Morgan fingerprint density at radius 1 is 1.53 bits per heavy atom. The second kappa shape index (κ2) is 4.33. The lowest BCUT2D eigenvalue weighted by atomic mass is 10.6. The predicted octanol–water partition coefficient (Wildman–Crippen LogP) is -2.68. The highest BCUT2D eigenvalue weighted by Crippen LogP contribution is 1.76. The summed E-state index contributed by atoms with van der Waals surface area (Å²) in [6, 6.07) is 0. The van der Waals surface area contributed by atoms with Crippen molar-refractivity contribution in [3.05, 3.63) is 27.0 Å². The standard InChI is InChI=1S/C5H8N4O5S/c10-4-5(11)9(3-6-8-4)2-1-7-15(12,13)14/h3,7H,1-2H2,(H,8,10)(H,12,13,14). The summed E-state index contributed by atoms with van der Waals surface area (Å²) in [7, 11) is -4.29. The molecule has 15 heavy (non-hydrogen) atoms. The van der Waals surface area contributed by atoms with Crippen molar-refractivity contribution in [2.45, 2.75) is 6.54 Å². The van der Waals surface area contributed by atoms with Gasteiger partial charge in [-0.05, 0) is 0 Å². The predicted molar refractivity (Wildman–Crippen MR) is 48.7 cm³/mol. The zero-order chi connectivity index (χ0) is 11.5. The number of nitrogens with zero attached hydrogens (tertiary/aromatic N) is 2. The molecule has 0 amide bonds. The van der Waals surface area contributed by atoms with Crippen molar-refractivity contribution in [1.29, 1.82) is 0 Å². The number of aromatic nitrogens is 3. The molecule has 0 aromatic carbocycles. The van der Waals surface area contributed by atoms with Gasteiger partial charge in [0.2, 0.25) is 0 Å². The molecule has 0 radical (unpaired) electrons. The molecule has 84 valence electrons. The molecule has 1 aromatic rings. The number of H-pyrrole nitrogens is 1. The van der Waals surface area contributed by atoms with Crippen molar-refractivity contribution >= 4 is 10.3 Å². The van der Waals surface area contributed by atoms with Gasteiger partial charge in [-0.1, -0.05) is 0 Å². The van der Waals surface area contributed by atoms with E-state index in [1.54, 1.807) is 4.72 Å². The van der Waals surface area contributed by atoms with Gasteiger partial charge in [-0.25, -0.2) is 5.10 Å². The van der Waals surface area contributed by atoms with Gasteiger partial charge < -0.3 is 0 Å². The highest BCUT2D eigenvalue weighted by Gasteiger charge is 2.03. The van der Waals surface area contributed by atoms with Crippen LogP contribution >= 0.6 is 0 Å². The van der Waals surface area contributed by atoms with Crippen LogP contribution in [0.1, 0.15) is 0 Å². The number of nitrogens with one attached hydrogen (secondary N) is 2. The number of hydrogen-bond donors (Lipinski definition) is 3. The lowest BCUT2D eigenvalue weighted by molar-refractivity contribution is 0.463. The molecule has 0 aliphatic heterocycles. The zero-order valence-electron chi connectivity index (χ0n) is 7.37. The van der Waals surface area contributed by atoms with E-state index >= 15 is 0 Å². The summed E-state index contributed by atoms with van der Waals surface area (Å²) in [5.41, 5.74) is -1.74. The van der Waals surface area contributed by atoms with Gasteiger partial charge in [-0.2, -0.15) is 18.2 Å². The number of aromatic amines is 1. The molecule has 0 bridgehead atoms. The van der Waals surface area contributed by atoms with Crippen LogP contribution in [0.4, 0.5) is 0 Å². The molecule has 0 atom stereocenters. The molecule has 0 spiro atoms. The van der Waals surface area contributed by atoms with Crippen LogP contribution in [0.2, 0.25) is 0 Å². The molecule has 9 nitrogen and oxygen atoms in total. The van der Waals surface area contributed by atoms with Crippen molar-refractivity contribution < 1.29 is 13.0 Å². The Balaban J connectivity index is 2.71. The Kier molecular flexibility index (Phi) is 3.34. The average molecular weight is 236 g/mol. The molecule has 0 unspecified atom stereocenters. The summed E-state index contributed by atoms with van der Waals surface area (Å²) in [4.78, 5) is 21.8. The van der Waals surface area contributed by atoms with E-state index in [4.69, 9.17) is 4.55 Å². The van der Waals surface area contributed by atoms with Crippen molar-refractivity contribution in [2.75, 3.05) is 6.54 Å². The molecule has 0 saturated carbocycles. The van der Waals surface area contributed by atoms with Crippen LogP contribution in [-0.4, -0.2) is 34.3 Å². The van der Waals surface area contributed by atoms with Gasteiger partial charge in [0.25, 0.3) is 0 Å². The molecule has 1 heterocycles. The molecule has 0 fully saturated rings. The van der Waals surface area contributed by atoms with Gasteiger partial charge >= 0.3 is 21.4 Å². The van der Waals surface area contributed by atoms with E-state index in [1.807, 2.05) is 5.10 Å². The maximum atomic E-state index is 11.1. The maximum absolute atomic E-state index is 11.1. The SMILES string of the molecule is O=c1[nH]ncn(CCNS(=O)(=O)O)c1=O. The zero-order valence-corrected chi connectivity index (χ0v) is 8.19. The van der Waals surface area contributed by atoms with Crippen molar-refractivity contribution in [1.82, 2.24) is 19.5 Å². The van der Waals surface area contributed by atoms with Crippen LogP contribution < -0.4 is 15.8 Å². The molecular weight excluding hydrogens is 228 g/mol. The summed E-state index contributed by atoms with van der Waals surface area (Å²) in [6.07, 6.45) is 1.05. The summed E-state index contributed by atoms with van der Waals surface area (Å²) >= 11 is 0. The third-order valence-electron chi connectivity index (χ3n) is 1.46. The minimum atomic E-state index is -4.29. The van der Waals surface area contributed by atoms with Gasteiger partial charge in [0.05, 0.1) is 0 Å². The van der Waals surface area contributed by atoms with E-state index in [-0.39, 0.29) is 13.1 Å². The maximum Gasteiger partial charge on any atom is 0.333 e. The topological polar surface area (TPSA) is 134 Å². The second-order valence-electron chi connectivity index (χ2n) is 2.55. The quantitative estimate of drug-likeness (QED) is 0.385. The molecule has 10 heteroatoms. The Hall–Kier alpha value is -1.52. The summed E-state index contributed by atoms with van der Waals surface area (Å²) in [5, 5.41) is 5.27. The molecule has 1 aromatic heterocycles. The normalized spacial score (nSPS) is 11.5. The first-order chi connectivity index (χ1) is 6.90. The van der Waals surface area contributed by atoms with Crippen molar-refractivity contribution in [3.8, 4) is 0 Å². The van der Waals surface area contributed by atoms with E-state index in [9.17, 15) is 18.0 Å². The number of hydrogen-bond acceptors (Lipinski definition) is 5. The highest BCUT2D eigenvalue weighted by atomic mass is 32.2. The molecule has 3 N–H and O–H groups in total. The lowest BCUT2D eigenvalue weighted by Gasteiger charge is -2.02. The fourth-order valence-corrected chi connectivity index (χ4v) is 1.19. The van der Waals surface area contributed by atoms with Crippen LogP contribution in [0.5, 0.6) is 0 Å². The lowest BCUT2D eigenvalue weighted by Crippen LogP contribution is -2.39. The fourth-order valence-electron chi connectivity index (χ4n) is 0.842. The second-order valence-corrected chi connectivity index (χ2v) is 3.79. The Morgan fingerprint density at radius 2 is 2.20 bits per heavy atom. The Morgan fingerprint density at radius 3 is 2.80 bits per heavy atom. The van der Waals surface area contributed by atoms with E-state index < -0.39 is 21.4 Å². The number of rotatable bonds is 4. The van der Waals surface area contributed by atoms with Crippen LogP contribution in [0.15, 0.2) is 15.9 Å². The van der Waals surface area contributed by atoms with Crippen molar-refractivity contribution in [3.63, 3.8) is 0 Å². The Labute approximate surface area is 83.6 Å². The third kappa shape index (κ3) is 3.61. The van der Waals surface area contributed by atoms with Gasteiger partial charge in [-0.3, -0.25) is 18.7 Å². The fraction of sp³-hybridized carbons (Fsp3) is 0.400. The third-order valence-corrected chi connectivity index (χ3v) is 2.02. The minimum absolute atomic E-state index is 0.102. The monoisotopic (exact) mass is 236 g/mol. The molecule has 0 aliphatic carbocycles. The first kappa shape index (κ1) is 11.6. The van der Waals surface area contributed by atoms with E-state index in [1.165, 1.54) is 0 Å². The van der Waals surface area contributed by atoms with Gasteiger partial charge in [-0.15, -0.1) is 0 Å². The van der Waals surface area contributed by atoms with E-state index in [2.05, 4.69) is 5.10 Å². The largest absolute Gasteiger partial charge is 0.333 e. The van der Waals surface area contributed by atoms with Gasteiger partial charge in [0, 0.05) is 13.1 Å². The molecular formula is C5H8N4O5S. The summed E-state index contributed by atoms with van der Waals surface area (Å²) in [6.45, 7) is -0.320. The highest BCUT2D eigenvalue weighted by molar-refractivity contribution is 7.83. The summed E-state index contributed by atoms with van der Waals surface area (Å²) in [5.74, 6) is 0. The minimum Gasteiger partial charge on any atom is -0.292 e. The molecule has 0 saturated heterocycles. The molecule has 0 aliphatic rings. The van der Waals surface area contributed by atoms with Crippen molar-refractivity contribution in [2.24, 2.45) is 0 Å². The van der Waals surface area contributed by atoms with E-state index in [0.29, 0.717) is 0 Å². The van der Waals surface area contributed by atoms with E-state index in [0.717, 1.165) is 10.9 Å². The smallest absolute Gasteiger partial charge is 0.292 e. The average Bonchev–Trinajstić information content (AvgIpc) is 2.10. The van der Waals surface area contributed by atoms with Crippen LogP contribution in [-0.2, 0) is 16.8 Å². The molecule has 1 rings (SSSR count). The van der Waals surface area contributed by atoms with Gasteiger partial charge in [0.15, 0.2) is 0 Å². The Bertz CT molecular complexity index is 543.